The van der Waals surface area contributed by atoms with Crippen molar-refractivity contribution in [1.82, 2.24) is 0 Å². The van der Waals surface area contributed by atoms with Crippen LogP contribution >= 0.6 is 11.3 Å². The highest BCUT2D eigenvalue weighted by Gasteiger charge is 2.21. The Balaban J connectivity index is 2.04. The molecule has 140 valence electrons. The Labute approximate surface area is 156 Å². The van der Waals surface area contributed by atoms with Gasteiger partial charge in [0.2, 0.25) is 10.0 Å². The zero-order valence-corrected chi connectivity index (χ0v) is 16.2. The van der Waals surface area contributed by atoms with E-state index in [-0.39, 0.29) is 10.6 Å². The summed E-state index contributed by atoms with van der Waals surface area (Å²) in [4.78, 5) is 25.8. The topological polar surface area (TPSA) is 116 Å². The lowest BCUT2D eigenvalue weighted by molar-refractivity contribution is -0.123. The summed E-state index contributed by atoms with van der Waals surface area (Å²) >= 11 is 1.34. The summed E-state index contributed by atoms with van der Waals surface area (Å²) < 4.78 is 27.9. The van der Waals surface area contributed by atoms with Crippen LogP contribution in [0, 0.1) is 6.92 Å². The average molecular weight is 396 g/mol. The van der Waals surface area contributed by atoms with Crippen molar-refractivity contribution in [2.45, 2.75) is 38.2 Å². The van der Waals surface area contributed by atoms with Crippen LogP contribution in [-0.2, 0) is 26.0 Å². The highest BCUT2D eigenvalue weighted by atomic mass is 32.2. The van der Waals surface area contributed by atoms with Gasteiger partial charge in [-0.3, -0.25) is 4.79 Å². The van der Waals surface area contributed by atoms with Gasteiger partial charge in [0.1, 0.15) is 4.88 Å². The number of primary sulfonamides is 1. The van der Waals surface area contributed by atoms with Crippen molar-refractivity contribution in [3.05, 3.63) is 45.6 Å². The number of esters is 1. The molecule has 2 aromatic rings. The lowest BCUT2D eigenvalue weighted by Gasteiger charge is -2.13. The summed E-state index contributed by atoms with van der Waals surface area (Å²) in [5.74, 6) is -1.15. The Morgan fingerprint density at radius 1 is 1.31 bits per heavy atom. The summed E-state index contributed by atoms with van der Waals surface area (Å²) in [6.07, 6.45) is -0.228. The van der Waals surface area contributed by atoms with E-state index in [1.165, 1.54) is 42.5 Å². The van der Waals surface area contributed by atoms with Gasteiger partial charge in [0.05, 0.1) is 4.90 Å². The van der Waals surface area contributed by atoms with Gasteiger partial charge < -0.3 is 10.1 Å². The number of hydrogen-bond donors (Lipinski definition) is 2. The van der Waals surface area contributed by atoms with E-state index >= 15 is 0 Å². The van der Waals surface area contributed by atoms with E-state index in [4.69, 9.17) is 9.88 Å². The summed E-state index contributed by atoms with van der Waals surface area (Å²) in [6.45, 7) is 5.36. The standard InChI is InChI=1S/C17H20N2O5S2/c1-4-14-10(2)8-15(25-14)17(21)24-11(3)16(20)19-12-6-5-7-13(9-12)26(18,22)23/h5-9,11H,4H2,1-3H3,(H,19,20)(H2,18,22,23)/t11-/m0/s1. The third-order valence-electron chi connectivity index (χ3n) is 3.63. The highest BCUT2D eigenvalue weighted by Crippen LogP contribution is 2.23. The minimum absolute atomic E-state index is 0.124. The summed E-state index contributed by atoms with van der Waals surface area (Å²) in [5, 5.41) is 7.57. The van der Waals surface area contributed by atoms with Crippen molar-refractivity contribution >= 4 is 38.9 Å². The van der Waals surface area contributed by atoms with Gasteiger partial charge in [-0.05, 0) is 50.1 Å². The van der Waals surface area contributed by atoms with Crippen LogP contribution in [0.15, 0.2) is 35.2 Å². The molecule has 3 N–H and O–H groups in total. The number of carbonyl (C=O) groups excluding carboxylic acids is 2. The first-order chi connectivity index (χ1) is 12.1. The molecule has 1 aromatic heterocycles. The number of rotatable bonds is 6. The van der Waals surface area contributed by atoms with E-state index in [1.807, 2.05) is 13.8 Å². The molecule has 1 atom stereocenters. The Morgan fingerprint density at radius 2 is 2.00 bits per heavy atom. The predicted octanol–water partition coefficient (Wildman–Crippen LogP) is 2.45. The molecule has 1 heterocycles. The molecule has 0 fully saturated rings. The molecule has 2 rings (SSSR count). The lowest BCUT2D eigenvalue weighted by atomic mass is 10.2. The van der Waals surface area contributed by atoms with Crippen LogP contribution in [-0.4, -0.2) is 26.4 Å². The summed E-state index contributed by atoms with van der Waals surface area (Å²) in [6, 6.07) is 7.26. The molecule has 7 nitrogen and oxygen atoms in total. The first-order valence-electron chi connectivity index (χ1n) is 7.85. The van der Waals surface area contributed by atoms with Gasteiger partial charge in [0.15, 0.2) is 6.10 Å². The molecule has 0 spiro atoms. The van der Waals surface area contributed by atoms with E-state index in [2.05, 4.69) is 5.32 Å². The maximum Gasteiger partial charge on any atom is 0.349 e. The number of carbonyl (C=O) groups is 2. The number of nitrogens with one attached hydrogen (secondary N) is 1. The van der Waals surface area contributed by atoms with Crippen molar-refractivity contribution in [2.24, 2.45) is 5.14 Å². The van der Waals surface area contributed by atoms with E-state index in [0.717, 1.165) is 16.9 Å². The number of anilines is 1. The molecule has 0 radical (unpaired) electrons. The zero-order valence-electron chi connectivity index (χ0n) is 14.6. The first-order valence-corrected chi connectivity index (χ1v) is 10.2. The average Bonchev–Trinajstić information content (AvgIpc) is 2.95. The molecule has 0 unspecified atom stereocenters. The monoisotopic (exact) mass is 396 g/mol. The Kier molecular flexibility index (Phi) is 6.17. The number of benzene rings is 1. The van der Waals surface area contributed by atoms with Gasteiger partial charge >= 0.3 is 5.97 Å². The molecule has 0 aliphatic carbocycles. The molecule has 9 heteroatoms. The van der Waals surface area contributed by atoms with Gasteiger partial charge in [0, 0.05) is 10.6 Å². The molecule has 26 heavy (non-hydrogen) atoms. The molecule has 1 aromatic carbocycles. The fourth-order valence-electron chi connectivity index (χ4n) is 2.24. The molecule has 0 bridgehead atoms. The smallest absolute Gasteiger partial charge is 0.349 e. The fourth-order valence-corrected chi connectivity index (χ4v) is 3.79. The Bertz CT molecular complexity index is 934. The summed E-state index contributed by atoms with van der Waals surface area (Å²) in [7, 11) is -3.88. The maximum absolute atomic E-state index is 12.2. The normalized spacial score (nSPS) is 12.5. The third-order valence-corrected chi connectivity index (χ3v) is 5.90. The maximum atomic E-state index is 12.2. The molecule has 1 amide bonds. The van der Waals surface area contributed by atoms with Crippen molar-refractivity contribution in [3.63, 3.8) is 0 Å². The number of hydrogen-bond acceptors (Lipinski definition) is 6. The van der Waals surface area contributed by atoms with Crippen molar-refractivity contribution in [3.8, 4) is 0 Å². The number of ether oxygens (including phenoxy) is 1. The van der Waals surface area contributed by atoms with Crippen LogP contribution in [0.2, 0.25) is 0 Å². The number of nitrogens with two attached hydrogens (primary N) is 1. The largest absolute Gasteiger partial charge is 0.448 e. The second-order valence-corrected chi connectivity index (χ2v) is 8.38. The van der Waals surface area contributed by atoms with Crippen LogP contribution in [0.25, 0.3) is 0 Å². The molecule has 0 saturated heterocycles. The van der Waals surface area contributed by atoms with Gasteiger partial charge in [-0.1, -0.05) is 13.0 Å². The molecule has 0 aliphatic rings. The molecule has 0 aliphatic heterocycles. The second kappa shape index (κ2) is 7.98. The number of thiophene rings is 1. The molecule has 0 saturated carbocycles. The SMILES string of the molecule is CCc1sc(C(=O)O[C@@H](C)C(=O)Nc2cccc(S(N)(=O)=O)c2)cc1C. The molecular weight excluding hydrogens is 376 g/mol. The van der Waals surface area contributed by atoms with Gasteiger partial charge in [0.25, 0.3) is 5.91 Å². The summed E-state index contributed by atoms with van der Waals surface area (Å²) in [5.41, 5.74) is 1.26. The predicted molar refractivity (Wildman–Crippen MR) is 99.8 cm³/mol. The highest BCUT2D eigenvalue weighted by molar-refractivity contribution is 7.89. The second-order valence-electron chi connectivity index (χ2n) is 5.68. The van der Waals surface area contributed by atoms with Crippen LogP contribution in [0.5, 0.6) is 0 Å². The van der Waals surface area contributed by atoms with E-state index in [1.54, 1.807) is 6.07 Å². The van der Waals surface area contributed by atoms with Crippen LogP contribution in [0.3, 0.4) is 0 Å². The van der Waals surface area contributed by atoms with Crippen LogP contribution in [0.4, 0.5) is 5.69 Å². The quantitative estimate of drug-likeness (QED) is 0.728. The minimum atomic E-state index is -3.88. The van der Waals surface area contributed by atoms with Crippen LogP contribution in [0.1, 0.15) is 34.0 Å². The third kappa shape index (κ3) is 4.90. The fraction of sp³-hybridized carbons (Fsp3) is 0.294. The van der Waals surface area contributed by atoms with Crippen molar-refractivity contribution in [1.29, 1.82) is 0 Å². The minimum Gasteiger partial charge on any atom is -0.448 e. The van der Waals surface area contributed by atoms with Crippen molar-refractivity contribution < 1.29 is 22.7 Å². The van der Waals surface area contributed by atoms with E-state index in [0.29, 0.717) is 4.88 Å². The Morgan fingerprint density at radius 3 is 2.58 bits per heavy atom. The number of sulfonamides is 1. The molecular formula is C17H20N2O5S2. The Hall–Kier alpha value is -2.23. The number of amides is 1. The van der Waals surface area contributed by atoms with Crippen LogP contribution < -0.4 is 10.5 Å². The van der Waals surface area contributed by atoms with Crippen molar-refractivity contribution in [2.75, 3.05) is 5.32 Å². The lowest BCUT2D eigenvalue weighted by Crippen LogP contribution is -2.29. The number of aryl methyl sites for hydroxylation is 2. The first kappa shape index (κ1) is 20.1. The van der Waals surface area contributed by atoms with Gasteiger partial charge in [-0.2, -0.15) is 0 Å². The van der Waals surface area contributed by atoms with E-state index in [9.17, 15) is 18.0 Å². The zero-order chi connectivity index (χ0) is 19.5. The van der Waals surface area contributed by atoms with Gasteiger partial charge in [-0.25, -0.2) is 18.4 Å². The van der Waals surface area contributed by atoms with E-state index < -0.39 is 28.0 Å². The van der Waals surface area contributed by atoms with Gasteiger partial charge in [-0.15, -0.1) is 11.3 Å².